The Morgan fingerprint density at radius 1 is 1.41 bits per heavy atom. The predicted octanol–water partition coefficient (Wildman–Crippen LogP) is 1.16. The van der Waals surface area contributed by atoms with E-state index in [9.17, 15) is 0 Å². The molecule has 1 aromatic rings. The first-order valence-corrected chi connectivity index (χ1v) is 6.48. The lowest BCUT2D eigenvalue weighted by atomic mass is 9.89. The van der Waals surface area contributed by atoms with E-state index in [2.05, 4.69) is 30.0 Å². The molecular formula is C13H24N4. The molecule has 0 bridgehead atoms. The van der Waals surface area contributed by atoms with Gasteiger partial charge in [-0.15, -0.1) is 0 Å². The van der Waals surface area contributed by atoms with Gasteiger partial charge in [0, 0.05) is 24.8 Å². The second kappa shape index (κ2) is 4.78. The zero-order valence-corrected chi connectivity index (χ0v) is 11.2. The van der Waals surface area contributed by atoms with Crippen LogP contribution in [0.1, 0.15) is 32.3 Å². The summed E-state index contributed by atoms with van der Waals surface area (Å²) in [5.74, 6) is 0. The van der Waals surface area contributed by atoms with E-state index in [1.807, 2.05) is 17.9 Å². The Bertz CT molecular complexity index is 363. The number of hydrogen-bond donors (Lipinski definition) is 1. The molecule has 0 saturated carbocycles. The molecule has 0 aromatic carbocycles. The standard InChI is InChI=1S/C13H24N4/c1-13(2,17-6-4-5-7-17)12(14)8-11-9-15-16(3)10-11/h9-10,12H,4-8,14H2,1-3H3. The summed E-state index contributed by atoms with van der Waals surface area (Å²) in [6.07, 6.45) is 7.49. The number of aromatic nitrogens is 2. The molecule has 1 fully saturated rings. The summed E-state index contributed by atoms with van der Waals surface area (Å²) in [4.78, 5) is 2.52. The summed E-state index contributed by atoms with van der Waals surface area (Å²) < 4.78 is 1.84. The molecule has 2 heterocycles. The lowest BCUT2D eigenvalue weighted by Gasteiger charge is -2.40. The third-order valence-corrected chi connectivity index (χ3v) is 4.04. The average Bonchev–Trinajstić information content (AvgIpc) is 2.89. The summed E-state index contributed by atoms with van der Waals surface area (Å²) in [6.45, 7) is 6.90. The van der Waals surface area contributed by atoms with Crippen molar-refractivity contribution in [3.05, 3.63) is 18.0 Å². The van der Waals surface area contributed by atoms with Gasteiger partial charge in [0.25, 0.3) is 0 Å². The van der Waals surface area contributed by atoms with Crippen LogP contribution < -0.4 is 5.73 Å². The second-order valence-electron chi connectivity index (χ2n) is 5.68. The zero-order chi connectivity index (χ0) is 12.5. The fraction of sp³-hybridized carbons (Fsp3) is 0.769. The number of aryl methyl sites for hydroxylation is 1. The topological polar surface area (TPSA) is 47.1 Å². The van der Waals surface area contributed by atoms with Crippen molar-refractivity contribution in [3.63, 3.8) is 0 Å². The molecule has 1 aromatic heterocycles. The quantitative estimate of drug-likeness (QED) is 0.853. The van der Waals surface area contributed by atoms with Crippen molar-refractivity contribution in [2.75, 3.05) is 13.1 Å². The smallest absolute Gasteiger partial charge is 0.0522 e. The molecule has 4 nitrogen and oxygen atoms in total. The Hall–Kier alpha value is -0.870. The minimum atomic E-state index is 0.0757. The molecule has 17 heavy (non-hydrogen) atoms. The van der Waals surface area contributed by atoms with E-state index in [4.69, 9.17) is 5.73 Å². The predicted molar refractivity (Wildman–Crippen MR) is 69.8 cm³/mol. The number of hydrogen-bond acceptors (Lipinski definition) is 3. The summed E-state index contributed by atoms with van der Waals surface area (Å²) in [5.41, 5.74) is 7.70. The van der Waals surface area contributed by atoms with Crippen LogP contribution in [0.2, 0.25) is 0 Å². The summed E-state index contributed by atoms with van der Waals surface area (Å²) in [7, 11) is 1.95. The normalized spacial score (nSPS) is 19.8. The first-order valence-electron chi connectivity index (χ1n) is 6.48. The van der Waals surface area contributed by atoms with Gasteiger partial charge in [-0.05, 0) is 51.8 Å². The monoisotopic (exact) mass is 236 g/mol. The molecule has 96 valence electrons. The van der Waals surface area contributed by atoms with Crippen LogP contribution >= 0.6 is 0 Å². The molecule has 1 saturated heterocycles. The first kappa shape index (κ1) is 12.6. The van der Waals surface area contributed by atoms with Gasteiger partial charge in [0.15, 0.2) is 0 Å². The number of rotatable bonds is 4. The second-order valence-corrected chi connectivity index (χ2v) is 5.68. The Morgan fingerprint density at radius 3 is 2.59 bits per heavy atom. The number of nitrogens with two attached hydrogens (primary N) is 1. The van der Waals surface area contributed by atoms with Crippen molar-refractivity contribution in [1.82, 2.24) is 14.7 Å². The molecule has 0 aliphatic carbocycles. The maximum absolute atomic E-state index is 6.39. The van der Waals surface area contributed by atoms with Crippen molar-refractivity contribution < 1.29 is 0 Å². The van der Waals surface area contributed by atoms with Gasteiger partial charge in [0.05, 0.1) is 6.20 Å². The third kappa shape index (κ3) is 2.69. The van der Waals surface area contributed by atoms with Crippen LogP contribution in [0.15, 0.2) is 12.4 Å². The fourth-order valence-corrected chi connectivity index (χ4v) is 2.61. The first-order chi connectivity index (χ1) is 8.00. The minimum Gasteiger partial charge on any atom is -0.326 e. The van der Waals surface area contributed by atoms with E-state index in [1.54, 1.807) is 0 Å². The number of likely N-dealkylation sites (tertiary alicyclic amines) is 1. The summed E-state index contributed by atoms with van der Waals surface area (Å²) >= 11 is 0. The molecule has 0 radical (unpaired) electrons. The zero-order valence-electron chi connectivity index (χ0n) is 11.2. The van der Waals surface area contributed by atoms with Gasteiger partial charge in [-0.3, -0.25) is 9.58 Å². The van der Waals surface area contributed by atoms with E-state index in [0.29, 0.717) is 0 Å². The van der Waals surface area contributed by atoms with E-state index in [0.717, 1.165) is 6.42 Å². The van der Waals surface area contributed by atoms with Crippen molar-refractivity contribution in [2.45, 2.75) is 44.7 Å². The molecule has 0 amide bonds. The summed E-state index contributed by atoms with van der Waals surface area (Å²) in [6, 6.07) is 0.157. The van der Waals surface area contributed by atoms with Crippen LogP contribution in [0.4, 0.5) is 0 Å². The van der Waals surface area contributed by atoms with Crippen LogP contribution in [0.5, 0.6) is 0 Å². The van der Waals surface area contributed by atoms with Crippen molar-refractivity contribution in [3.8, 4) is 0 Å². The van der Waals surface area contributed by atoms with Crippen molar-refractivity contribution in [1.29, 1.82) is 0 Å². The van der Waals surface area contributed by atoms with Gasteiger partial charge in [0.1, 0.15) is 0 Å². The molecular weight excluding hydrogens is 212 g/mol. The highest BCUT2D eigenvalue weighted by Gasteiger charge is 2.34. The molecule has 4 heteroatoms. The molecule has 1 aliphatic rings. The van der Waals surface area contributed by atoms with Gasteiger partial charge in [-0.2, -0.15) is 5.10 Å². The fourth-order valence-electron chi connectivity index (χ4n) is 2.61. The van der Waals surface area contributed by atoms with Crippen molar-refractivity contribution >= 4 is 0 Å². The lowest BCUT2D eigenvalue weighted by molar-refractivity contribution is 0.123. The number of nitrogens with zero attached hydrogens (tertiary/aromatic N) is 3. The maximum Gasteiger partial charge on any atom is 0.0522 e. The van der Waals surface area contributed by atoms with Gasteiger partial charge >= 0.3 is 0 Å². The molecule has 2 rings (SSSR count). The van der Waals surface area contributed by atoms with Crippen LogP contribution in [0.25, 0.3) is 0 Å². The van der Waals surface area contributed by atoms with Crippen LogP contribution in [-0.4, -0.2) is 39.4 Å². The lowest BCUT2D eigenvalue weighted by Crippen LogP contribution is -2.55. The van der Waals surface area contributed by atoms with Gasteiger partial charge in [-0.25, -0.2) is 0 Å². The third-order valence-electron chi connectivity index (χ3n) is 4.04. The Kier molecular flexibility index (Phi) is 3.54. The highest BCUT2D eigenvalue weighted by Crippen LogP contribution is 2.24. The van der Waals surface area contributed by atoms with E-state index in [1.165, 1.54) is 31.5 Å². The largest absolute Gasteiger partial charge is 0.326 e. The Balaban J connectivity index is 2.00. The average molecular weight is 236 g/mol. The SMILES string of the molecule is Cn1cc(CC(N)C(C)(C)N2CCCC2)cn1. The van der Waals surface area contributed by atoms with Crippen molar-refractivity contribution in [2.24, 2.45) is 12.8 Å². The van der Waals surface area contributed by atoms with E-state index < -0.39 is 0 Å². The Labute approximate surface area is 104 Å². The molecule has 1 unspecified atom stereocenters. The molecule has 0 spiro atoms. The van der Waals surface area contributed by atoms with Crippen LogP contribution in [0.3, 0.4) is 0 Å². The molecule has 2 N–H and O–H groups in total. The van der Waals surface area contributed by atoms with Gasteiger partial charge in [-0.1, -0.05) is 0 Å². The highest BCUT2D eigenvalue weighted by molar-refractivity contribution is 5.09. The van der Waals surface area contributed by atoms with Gasteiger partial charge in [0.2, 0.25) is 0 Å². The van der Waals surface area contributed by atoms with Crippen LogP contribution in [0, 0.1) is 0 Å². The maximum atomic E-state index is 6.39. The summed E-state index contributed by atoms with van der Waals surface area (Å²) in [5, 5.41) is 4.20. The van der Waals surface area contributed by atoms with Crippen LogP contribution in [-0.2, 0) is 13.5 Å². The van der Waals surface area contributed by atoms with Gasteiger partial charge < -0.3 is 5.73 Å². The minimum absolute atomic E-state index is 0.0757. The van der Waals surface area contributed by atoms with E-state index in [-0.39, 0.29) is 11.6 Å². The highest BCUT2D eigenvalue weighted by atomic mass is 15.2. The Morgan fingerprint density at radius 2 is 2.06 bits per heavy atom. The molecule has 1 atom stereocenters. The van der Waals surface area contributed by atoms with E-state index >= 15 is 0 Å². The molecule has 1 aliphatic heterocycles.